The summed E-state index contributed by atoms with van der Waals surface area (Å²) in [5.41, 5.74) is 11.1. The van der Waals surface area contributed by atoms with Gasteiger partial charge in [-0.05, 0) is 48.5 Å². The van der Waals surface area contributed by atoms with Crippen LogP contribution in [0.15, 0.2) is 42.5 Å². The van der Waals surface area contributed by atoms with Gasteiger partial charge in [0, 0.05) is 53.4 Å². The van der Waals surface area contributed by atoms with Crippen molar-refractivity contribution in [3.05, 3.63) is 53.7 Å². The lowest BCUT2D eigenvalue weighted by atomic mass is 9.96. The Hall–Kier alpha value is -2.16. The molecule has 0 bridgehead atoms. The quantitative estimate of drug-likeness (QED) is 0.430. The predicted molar refractivity (Wildman–Crippen MR) is 108 cm³/mol. The number of benzene rings is 2. The van der Waals surface area contributed by atoms with Crippen LogP contribution in [0.1, 0.15) is 30.0 Å². The molecule has 3 N–H and O–H groups in total. The highest BCUT2D eigenvalue weighted by atomic mass is 31.0. The molecule has 1 unspecified atom stereocenters. The zero-order chi connectivity index (χ0) is 17.4. The molecule has 0 radical (unpaired) electrons. The third kappa shape index (κ3) is 2.97. The topological polar surface area (TPSA) is 64.0 Å². The molecule has 5 heteroatoms. The van der Waals surface area contributed by atoms with Crippen molar-refractivity contribution >= 4 is 37.3 Å². The maximum Gasteiger partial charge on any atom is 0.0539 e. The maximum atomic E-state index is 7.63. The molecule has 2 aromatic carbocycles. The van der Waals surface area contributed by atoms with E-state index < -0.39 is 0 Å². The van der Waals surface area contributed by atoms with Crippen LogP contribution in [0.5, 0.6) is 0 Å². The lowest BCUT2D eigenvalue weighted by molar-refractivity contribution is 0.0842. The van der Waals surface area contributed by atoms with Gasteiger partial charge < -0.3 is 20.4 Å². The largest absolute Gasteiger partial charge is 0.398 e. The molecule has 1 atom stereocenters. The number of anilines is 1. The van der Waals surface area contributed by atoms with E-state index in [1.807, 2.05) is 12.1 Å². The highest BCUT2D eigenvalue weighted by Gasteiger charge is 2.22. The molecule has 0 saturated carbocycles. The van der Waals surface area contributed by atoms with Gasteiger partial charge in [-0.2, -0.15) is 0 Å². The van der Waals surface area contributed by atoms with E-state index in [4.69, 9.17) is 15.9 Å². The Labute approximate surface area is 149 Å². The van der Waals surface area contributed by atoms with Crippen LogP contribution in [0.2, 0.25) is 0 Å². The Bertz CT molecular complexity index is 924. The Morgan fingerprint density at radius 2 is 1.84 bits per heavy atom. The van der Waals surface area contributed by atoms with Gasteiger partial charge in [-0.25, -0.2) is 0 Å². The molecule has 0 aliphatic carbocycles. The van der Waals surface area contributed by atoms with E-state index in [9.17, 15) is 0 Å². The Morgan fingerprint density at radius 1 is 1.12 bits per heavy atom. The average Bonchev–Trinajstić information content (AvgIpc) is 3.00. The number of hydrogen-bond acceptors (Lipinski definition) is 3. The van der Waals surface area contributed by atoms with Crippen LogP contribution < -0.4 is 11.0 Å². The summed E-state index contributed by atoms with van der Waals surface area (Å²) >= 11 is 0. The molecule has 4 rings (SSSR count). The van der Waals surface area contributed by atoms with Crippen LogP contribution in [0.25, 0.3) is 16.6 Å². The van der Waals surface area contributed by atoms with Crippen LogP contribution in [-0.4, -0.2) is 24.0 Å². The van der Waals surface area contributed by atoms with Crippen LogP contribution in [0.4, 0.5) is 5.69 Å². The van der Waals surface area contributed by atoms with Crippen LogP contribution in [0.3, 0.4) is 0 Å². The molecule has 1 fully saturated rings. The fraction of sp³-hybridized carbons (Fsp3) is 0.250. The second-order valence-electron chi connectivity index (χ2n) is 6.57. The fourth-order valence-corrected chi connectivity index (χ4v) is 3.83. The van der Waals surface area contributed by atoms with Crippen molar-refractivity contribution in [2.24, 2.45) is 0 Å². The average molecular weight is 351 g/mol. The van der Waals surface area contributed by atoms with E-state index in [0.717, 1.165) is 53.5 Å². The normalized spacial score (nSPS) is 15.6. The SMILES string of the molecule is N=Cc1cc2c(cc1N)cc(C1CCOCC1)n2-c1ccc(P)cc1. The Morgan fingerprint density at radius 3 is 2.52 bits per heavy atom. The number of nitrogens with one attached hydrogen (secondary N) is 1. The number of nitrogen functional groups attached to an aromatic ring is 1. The van der Waals surface area contributed by atoms with E-state index in [0.29, 0.717) is 11.6 Å². The highest BCUT2D eigenvalue weighted by Crippen LogP contribution is 2.35. The fourth-order valence-electron chi connectivity index (χ4n) is 3.64. The summed E-state index contributed by atoms with van der Waals surface area (Å²) in [7, 11) is 2.73. The van der Waals surface area contributed by atoms with Crippen molar-refractivity contribution in [2.45, 2.75) is 18.8 Å². The zero-order valence-electron chi connectivity index (χ0n) is 14.0. The van der Waals surface area contributed by atoms with E-state index in [1.165, 1.54) is 11.9 Å². The molecule has 3 aromatic rings. The zero-order valence-corrected chi connectivity index (χ0v) is 15.2. The molecule has 1 saturated heterocycles. The van der Waals surface area contributed by atoms with Gasteiger partial charge in [0.1, 0.15) is 0 Å². The number of fused-ring (bicyclic) bond motifs is 1. The van der Waals surface area contributed by atoms with Gasteiger partial charge >= 0.3 is 0 Å². The smallest absolute Gasteiger partial charge is 0.0539 e. The van der Waals surface area contributed by atoms with Crippen molar-refractivity contribution < 1.29 is 4.74 Å². The first-order chi connectivity index (χ1) is 12.2. The minimum absolute atomic E-state index is 0.474. The molecule has 1 aliphatic rings. The number of nitrogens with zero attached hydrogens (tertiary/aromatic N) is 1. The van der Waals surface area contributed by atoms with E-state index in [1.54, 1.807) is 0 Å². The summed E-state index contributed by atoms with van der Waals surface area (Å²) in [6, 6.07) is 14.8. The number of nitrogens with two attached hydrogens (primary N) is 1. The summed E-state index contributed by atoms with van der Waals surface area (Å²) in [4.78, 5) is 0. The minimum Gasteiger partial charge on any atom is -0.398 e. The van der Waals surface area contributed by atoms with Gasteiger partial charge in [0.15, 0.2) is 0 Å². The lowest BCUT2D eigenvalue weighted by Crippen LogP contribution is -2.16. The standard InChI is InChI=1S/C20H22N3OP/c21-12-15-11-20-14(9-18(15)22)10-19(13-5-7-24-8-6-13)23(20)16-1-3-17(25)4-2-16/h1-4,9-13,21H,5-8,22,25H2. The number of hydrogen-bond donors (Lipinski definition) is 2. The first-order valence-corrected chi connectivity index (χ1v) is 9.14. The van der Waals surface area contributed by atoms with Gasteiger partial charge in [0.05, 0.1) is 5.52 Å². The van der Waals surface area contributed by atoms with Crippen LogP contribution in [0, 0.1) is 5.41 Å². The molecule has 128 valence electrons. The van der Waals surface area contributed by atoms with Crippen LogP contribution >= 0.6 is 9.24 Å². The third-order valence-electron chi connectivity index (χ3n) is 4.98. The first kappa shape index (κ1) is 16.3. The number of rotatable bonds is 3. The van der Waals surface area contributed by atoms with E-state index in [2.05, 4.69) is 44.1 Å². The van der Waals surface area contributed by atoms with Gasteiger partial charge in [-0.3, -0.25) is 0 Å². The molecule has 2 heterocycles. The lowest BCUT2D eigenvalue weighted by Gasteiger charge is -2.24. The molecule has 4 nitrogen and oxygen atoms in total. The second kappa shape index (κ2) is 6.62. The Kier molecular flexibility index (Phi) is 4.32. The van der Waals surface area contributed by atoms with Crippen molar-refractivity contribution in [3.63, 3.8) is 0 Å². The summed E-state index contributed by atoms with van der Waals surface area (Å²) in [6.07, 6.45) is 3.39. The van der Waals surface area contributed by atoms with Crippen molar-refractivity contribution in [1.82, 2.24) is 4.57 Å². The van der Waals surface area contributed by atoms with Gasteiger partial charge in [-0.15, -0.1) is 9.24 Å². The molecule has 25 heavy (non-hydrogen) atoms. The monoisotopic (exact) mass is 351 g/mol. The highest BCUT2D eigenvalue weighted by molar-refractivity contribution is 7.27. The summed E-state index contributed by atoms with van der Waals surface area (Å²) < 4.78 is 7.87. The molecular formula is C20H22N3OP. The molecule has 0 spiro atoms. The number of ether oxygens (including phenoxy) is 1. The predicted octanol–water partition coefficient (Wildman–Crippen LogP) is 3.60. The summed E-state index contributed by atoms with van der Waals surface area (Å²) in [5, 5.41) is 9.92. The summed E-state index contributed by atoms with van der Waals surface area (Å²) in [5.74, 6) is 0.474. The molecule has 1 aromatic heterocycles. The van der Waals surface area contributed by atoms with Crippen molar-refractivity contribution in [2.75, 3.05) is 18.9 Å². The minimum atomic E-state index is 0.474. The molecular weight excluding hydrogens is 329 g/mol. The van der Waals surface area contributed by atoms with E-state index in [-0.39, 0.29) is 0 Å². The Balaban J connectivity index is 1.97. The summed E-state index contributed by atoms with van der Waals surface area (Å²) in [6.45, 7) is 1.62. The number of aromatic nitrogens is 1. The maximum absolute atomic E-state index is 7.63. The van der Waals surface area contributed by atoms with Crippen molar-refractivity contribution in [3.8, 4) is 5.69 Å². The third-order valence-corrected chi connectivity index (χ3v) is 5.37. The van der Waals surface area contributed by atoms with Gasteiger partial charge in [0.25, 0.3) is 0 Å². The van der Waals surface area contributed by atoms with Crippen molar-refractivity contribution in [1.29, 1.82) is 5.41 Å². The molecule has 1 aliphatic heterocycles. The van der Waals surface area contributed by atoms with Crippen LogP contribution in [-0.2, 0) is 4.74 Å². The first-order valence-electron chi connectivity index (χ1n) is 8.56. The second-order valence-corrected chi connectivity index (χ2v) is 7.23. The van der Waals surface area contributed by atoms with Gasteiger partial charge in [0.2, 0.25) is 0 Å². The van der Waals surface area contributed by atoms with E-state index >= 15 is 0 Å². The van der Waals surface area contributed by atoms with Gasteiger partial charge in [-0.1, -0.05) is 12.1 Å². The molecule has 0 amide bonds.